The molecular formula is C24H33NO2. The zero-order valence-corrected chi connectivity index (χ0v) is 17.1. The van der Waals surface area contributed by atoms with Gasteiger partial charge >= 0.3 is 0 Å². The van der Waals surface area contributed by atoms with E-state index in [4.69, 9.17) is 4.74 Å². The van der Waals surface area contributed by atoms with Crippen LogP contribution in [-0.2, 0) is 17.6 Å². The van der Waals surface area contributed by atoms with Crippen LogP contribution in [0.1, 0.15) is 63.1 Å². The minimum Gasteiger partial charge on any atom is -0.481 e. The van der Waals surface area contributed by atoms with E-state index in [0.29, 0.717) is 18.9 Å². The number of nitrogens with one attached hydrogen (secondary N) is 1. The second-order valence-electron chi connectivity index (χ2n) is 7.30. The monoisotopic (exact) mass is 367 g/mol. The number of aryl methyl sites for hydroxylation is 2. The number of carbonyl (C=O) groups is 1. The molecule has 0 fully saturated rings. The van der Waals surface area contributed by atoms with Crippen LogP contribution in [0.15, 0.2) is 48.5 Å². The van der Waals surface area contributed by atoms with E-state index in [0.717, 1.165) is 25.0 Å². The van der Waals surface area contributed by atoms with E-state index in [-0.39, 0.29) is 5.91 Å². The number of rotatable bonds is 10. The minimum absolute atomic E-state index is 0.0350. The van der Waals surface area contributed by atoms with E-state index in [2.05, 4.69) is 50.4 Å². The standard InChI is InChI=1S/C24H33NO2/c1-5-19-11-15-22(16-12-19)27-23(6-2)24(26)25-17-7-8-20-9-13-21(14-10-20)18(3)4/h9-16,18,23H,5-8,17H2,1-4H3,(H,25,26)/t23-/m1/s1. The molecule has 146 valence electrons. The van der Waals surface area contributed by atoms with E-state index in [9.17, 15) is 4.79 Å². The van der Waals surface area contributed by atoms with Gasteiger partial charge in [-0.2, -0.15) is 0 Å². The third-order valence-electron chi connectivity index (χ3n) is 4.86. The molecule has 0 unspecified atom stereocenters. The summed E-state index contributed by atoms with van der Waals surface area (Å²) < 4.78 is 5.86. The van der Waals surface area contributed by atoms with Crippen LogP contribution in [0, 0.1) is 0 Å². The van der Waals surface area contributed by atoms with Crippen molar-refractivity contribution < 1.29 is 9.53 Å². The molecule has 0 aliphatic carbocycles. The second kappa shape index (κ2) is 10.8. The predicted molar refractivity (Wildman–Crippen MR) is 112 cm³/mol. The zero-order chi connectivity index (χ0) is 19.6. The van der Waals surface area contributed by atoms with Gasteiger partial charge in [0.15, 0.2) is 6.10 Å². The number of benzene rings is 2. The highest BCUT2D eigenvalue weighted by Gasteiger charge is 2.17. The van der Waals surface area contributed by atoms with Gasteiger partial charge in [0, 0.05) is 6.54 Å². The lowest BCUT2D eigenvalue weighted by Crippen LogP contribution is -2.38. The summed E-state index contributed by atoms with van der Waals surface area (Å²) in [6.45, 7) is 9.17. The Morgan fingerprint density at radius 1 is 0.963 bits per heavy atom. The van der Waals surface area contributed by atoms with E-state index < -0.39 is 6.10 Å². The lowest BCUT2D eigenvalue weighted by atomic mass is 10.0. The maximum Gasteiger partial charge on any atom is 0.261 e. The Morgan fingerprint density at radius 3 is 2.15 bits per heavy atom. The molecular weight excluding hydrogens is 334 g/mol. The van der Waals surface area contributed by atoms with Crippen LogP contribution in [-0.4, -0.2) is 18.6 Å². The van der Waals surface area contributed by atoms with E-state index in [1.165, 1.54) is 16.7 Å². The van der Waals surface area contributed by atoms with Crippen LogP contribution in [0.5, 0.6) is 5.75 Å². The first-order valence-corrected chi connectivity index (χ1v) is 10.2. The molecule has 0 aliphatic heterocycles. The molecule has 0 saturated heterocycles. The quantitative estimate of drug-likeness (QED) is 0.580. The Hall–Kier alpha value is -2.29. The van der Waals surface area contributed by atoms with Crippen molar-refractivity contribution in [3.8, 4) is 5.75 Å². The van der Waals surface area contributed by atoms with Gasteiger partial charge in [-0.25, -0.2) is 0 Å². The molecule has 1 N–H and O–H groups in total. The van der Waals surface area contributed by atoms with Crippen LogP contribution >= 0.6 is 0 Å². The lowest BCUT2D eigenvalue weighted by molar-refractivity contribution is -0.128. The summed E-state index contributed by atoms with van der Waals surface area (Å²) in [4.78, 5) is 12.4. The highest BCUT2D eigenvalue weighted by atomic mass is 16.5. The van der Waals surface area contributed by atoms with Gasteiger partial charge in [0.05, 0.1) is 0 Å². The number of amides is 1. The molecule has 2 rings (SSSR count). The van der Waals surface area contributed by atoms with Crippen molar-refractivity contribution in [1.82, 2.24) is 5.32 Å². The highest BCUT2D eigenvalue weighted by Crippen LogP contribution is 2.16. The van der Waals surface area contributed by atoms with Crippen LogP contribution < -0.4 is 10.1 Å². The van der Waals surface area contributed by atoms with Crippen LogP contribution in [0.2, 0.25) is 0 Å². The molecule has 0 aromatic heterocycles. The topological polar surface area (TPSA) is 38.3 Å². The molecule has 3 nitrogen and oxygen atoms in total. The first kappa shape index (κ1) is 21.0. The maximum absolute atomic E-state index is 12.4. The van der Waals surface area contributed by atoms with Crippen molar-refractivity contribution in [1.29, 1.82) is 0 Å². The molecule has 0 saturated carbocycles. The maximum atomic E-state index is 12.4. The van der Waals surface area contributed by atoms with Crippen molar-refractivity contribution in [2.75, 3.05) is 6.54 Å². The number of ether oxygens (including phenoxy) is 1. The first-order chi connectivity index (χ1) is 13.0. The van der Waals surface area contributed by atoms with Crippen LogP contribution in [0.25, 0.3) is 0 Å². The molecule has 0 aliphatic rings. The first-order valence-electron chi connectivity index (χ1n) is 10.2. The van der Waals surface area contributed by atoms with Gasteiger partial charge in [-0.05, 0) is 60.4 Å². The van der Waals surface area contributed by atoms with Gasteiger partial charge in [0.25, 0.3) is 5.91 Å². The molecule has 2 aromatic rings. The average Bonchev–Trinajstić information content (AvgIpc) is 2.70. The van der Waals surface area contributed by atoms with Gasteiger partial charge < -0.3 is 10.1 Å². The largest absolute Gasteiger partial charge is 0.481 e. The number of hydrogen-bond acceptors (Lipinski definition) is 2. The Bertz CT molecular complexity index is 689. The summed E-state index contributed by atoms with van der Waals surface area (Å²) in [5.74, 6) is 1.27. The number of hydrogen-bond donors (Lipinski definition) is 1. The Labute approximate surface area is 164 Å². The Balaban J connectivity index is 1.75. The summed E-state index contributed by atoms with van der Waals surface area (Å²) >= 11 is 0. The normalized spacial score (nSPS) is 12.0. The zero-order valence-electron chi connectivity index (χ0n) is 17.1. The van der Waals surface area contributed by atoms with Crippen molar-refractivity contribution in [2.24, 2.45) is 0 Å². The van der Waals surface area contributed by atoms with Crippen molar-refractivity contribution >= 4 is 5.91 Å². The molecule has 2 aromatic carbocycles. The summed E-state index contributed by atoms with van der Waals surface area (Å²) in [6, 6.07) is 16.7. The van der Waals surface area contributed by atoms with Gasteiger partial charge in [-0.3, -0.25) is 4.79 Å². The Kier molecular flexibility index (Phi) is 8.38. The fourth-order valence-corrected chi connectivity index (χ4v) is 2.98. The summed E-state index contributed by atoms with van der Waals surface area (Å²) in [5, 5.41) is 3.01. The molecule has 3 heteroatoms. The van der Waals surface area contributed by atoms with Gasteiger partial charge in [0.1, 0.15) is 5.75 Å². The molecule has 0 radical (unpaired) electrons. The molecule has 1 amide bonds. The summed E-state index contributed by atoms with van der Waals surface area (Å²) in [6.07, 6.45) is 3.10. The summed E-state index contributed by atoms with van der Waals surface area (Å²) in [5.41, 5.74) is 3.94. The predicted octanol–water partition coefficient (Wildman–Crippen LogP) is 5.28. The second-order valence-corrected chi connectivity index (χ2v) is 7.30. The van der Waals surface area contributed by atoms with Crippen LogP contribution in [0.3, 0.4) is 0 Å². The molecule has 27 heavy (non-hydrogen) atoms. The average molecular weight is 368 g/mol. The van der Waals surface area contributed by atoms with Crippen LogP contribution in [0.4, 0.5) is 0 Å². The molecule has 0 bridgehead atoms. The van der Waals surface area contributed by atoms with Crippen molar-refractivity contribution in [3.05, 3.63) is 65.2 Å². The number of carbonyl (C=O) groups excluding carboxylic acids is 1. The van der Waals surface area contributed by atoms with Gasteiger partial charge in [0.2, 0.25) is 0 Å². The van der Waals surface area contributed by atoms with Crippen molar-refractivity contribution in [2.45, 2.75) is 65.4 Å². The molecule has 1 atom stereocenters. The minimum atomic E-state index is -0.442. The van der Waals surface area contributed by atoms with E-state index in [1.54, 1.807) is 0 Å². The lowest BCUT2D eigenvalue weighted by Gasteiger charge is -2.17. The van der Waals surface area contributed by atoms with Gasteiger partial charge in [-0.1, -0.05) is 64.1 Å². The molecule has 0 spiro atoms. The summed E-state index contributed by atoms with van der Waals surface area (Å²) in [7, 11) is 0. The third kappa shape index (κ3) is 6.74. The molecule has 0 heterocycles. The Morgan fingerprint density at radius 2 is 1.59 bits per heavy atom. The van der Waals surface area contributed by atoms with Gasteiger partial charge in [-0.15, -0.1) is 0 Å². The smallest absolute Gasteiger partial charge is 0.261 e. The van der Waals surface area contributed by atoms with Crippen molar-refractivity contribution in [3.63, 3.8) is 0 Å². The van der Waals surface area contributed by atoms with E-state index >= 15 is 0 Å². The SMILES string of the molecule is CCc1ccc(O[C@H](CC)C(=O)NCCCc2ccc(C(C)C)cc2)cc1. The third-order valence-corrected chi connectivity index (χ3v) is 4.86. The fraction of sp³-hybridized carbons (Fsp3) is 0.458. The highest BCUT2D eigenvalue weighted by molar-refractivity contribution is 5.81. The fourth-order valence-electron chi connectivity index (χ4n) is 2.98. The van der Waals surface area contributed by atoms with E-state index in [1.807, 2.05) is 31.2 Å².